The third kappa shape index (κ3) is 5.37. The Hall–Kier alpha value is -2.63. The van der Waals surface area contributed by atoms with Crippen molar-refractivity contribution in [2.75, 3.05) is 12.2 Å². The maximum Gasteiger partial charge on any atom is 0.348 e. The van der Waals surface area contributed by atoms with Crippen molar-refractivity contribution in [3.8, 4) is 22.3 Å². The van der Waals surface area contributed by atoms with Gasteiger partial charge in [-0.05, 0) is 47.9 Å². The Kier molecular flexibility index (Phi) is 7.44. The smallest absolute Gasteiger partial charge is 0.348 e. The monoisotopic (exact) mass is 548 g/mol. The molecule has 172 valence electrons. The first-order valence-electron chi connectivity index (χ1n) is 9.56. The van der Waals surface area contributed by atoms with E-state index in [1.54, 1.807) is 11.6 Å². The number of nitrogens with zero attached hydrogens (tertiary/aromatic N) is 1. The van der Waals surface area contributed by atoms with Crippen LogP contribution in [0.5, 0.6) is 0 Å². The summed E-state index contributed by atoms with van der Waals surface area (Å²) in [6.07, 6.45) is 0. The minimum absolute atomic E-state index is 0.00948. The highest BCUT2D eigenvalue weighted by atomic mass is 35.5. The molecule has 2 aromatic carbocycles. The highest BCUT2D eigenvalue weighted by Crippen LogP contribution is 2.49. The molecule has 34 heavy (non-hydrogen) atoms. The van der Waals surface area contributed by atoms with Crippen molar-refractivity contribution in [1.29, 1.82) is 0 Å². The molecule has 0 fully saturated rings. The van der Waals surface area contributed by atoms with E-state index in [4.69, 9.17) is 27.7 Å². The second-order valence-corrected chi connectivity index (χ2v) is 11.6. The number of carbonyl (C=O) groups is 1. The second kappa shape index (κ2) is 10.3. The molecular weight excluding hydrogens is 534 g/mol. The fourth-order valence-corrected chi connectivity index (χ4v) is 6.76. The van der Waals surface area contributed by atoms with Crippen molar-refractivity contribution < 1.29 is 19.0 Å². The fraction of sp³-hybridized carbons (Fsp3) is 0.0435. The lowest BCUT2D eigenvalue weighted by atomic mass is 10.1. The summed E-state index contributed by atoms with van der Waals surface area (Å²) < 4.78 is 18.8. The highest BCUT2D eigenvalue weighted by molar-refractivity contribution is 7.68. The number of thiophene rings is 1. The van der Waals surface area contributed by atoms with Crippen molar-refractivity contribution in [2.45, 2.75) is 0 Å². The van der Waals surface area contributed by atoms with E-state index in [9.17, 15) is 14.5 Å². The molecule has 4 aromatic rings. The van der Waals surface area contributed by atoms with E-state index in [1.165, 1.54) is 36.6 Å². The average Bonchev–Trinajstić information content (AvgIpc) is 3.48. The molecule has 0 spiro atoms. The first-order valence-corrected chi connectivity index (χ1v) is 13.7. The van der Waals surface area contributed by atoms with E-state index in [0.29, 0.717) is 15.6 Å². The maximum atomic E-state index is 13.6. The standard InChI is InChI=1S/C23H15Cl2N2O4PS2/c1-31-32(30,20-9-7-16(24)10-18(20)25)27-19-11-21(34-22(19)23(28)29)15-5-2-14(3-6-15)4-8-17-12-33-13-26-17/h2-3,5-7,9-13H,1H3,(H,27,30)(H,28,29). The van der Waals surface area contributed by atoms with Crippen LogP contribution in [0.15, 0.2) is 59.4 Å². The van der Waals surface area contributed by atoms with Gasteiger partial charge in [-0.1, -0.05) is 41.3 Å². The Labute approximate surface area is 213 Å². The lowest BCUT2D eigenvalue weighted by Crippen LogP contribution is -2.15. The minimum atomic E-state index is -3.74. The molecule has 6 nitrogen and oxygen atoms in total. The molecule has 0 saturated carbocycles. The van der Waals surface area contributed by atoms with Crippen LogP contribution in [0.25, 0.3) is 10.4 Å². The van der Waals surface area contributed by atoms with Crippen LogP contribution in [-0.2, 0) is 9.09 Å². The molecule has 4 rings (SSSR count). The summed E-state index contributed by atoms with van der Waals surface area (Å²) >= 11 is 14.7. The Morgan fingerprint density at radius 3 is 2.53 bits per heavy atom. The van der Waals surface area contributed by atoms with Gasteiger partial charge < -0.3 is 14.7 Å². The predicted molar refractivity (Wildman–Crippen MR) is 139 cm³/mol. The molecule has 2 aromatic heterocycles. The number of thiazole rings is 1. The molecule has 2 N–H and O–H groups in total. The number of benzene rings is 2. The quantitative estimate of drug-likeness (QED) is 0.202. The van der Waals surface area contributed by atoms with Gasteiger partial charge in [0.05, 0.1) is 21.5 Å². The lowest BCUT2D eigenvalue weighted by molar-refractivity contribution is 0.0703. The van der Waals surface area contributed by atoms with Crippen molar-refractivity contribution in [3.05, 3.63) is 85.6 Å². The van der Waals surface area contributed by atoms with Crippen LogP contribution < -0.4 is 10.4 Å². The number of aromatic nitrogens is 1. The number of carboxylic acids is 1. The third-order valence-electron chi connectivity index (χ3n) is 4.61. The topological polar surface area (TPSA) is 88.5 Å². The average molecular weight is 549 g/mol. The molecule has 0 aliphatic heterocycles. The van der Waals surface area contributed by atoms with Crippen LogP contribution >= 0.6 is 53.4 Å². The third-order valence-corrected chi connectivity index (χ3v) is 9.13. The number of anilines is 1. The Balaban J connectivity index is 1.65. The van der Waals surface area contributed by atoms with E-state index >= 15 is 0 Å². The number of nitrogens with one attached hydrogen (secondary N) is 1. The van der Waals surface area contributed by atoms with Crippen LogP contribution in [0.2, 0.25) is 10.0 Å². The highest BCUT2D eigenvalue weighted by Gasteiger charge is 2.30. The van der Waals surface area contributed by atoms with Crippen LogP contribution in [0.3, 0.4) is 0 Å². The van der Waals surface area contributed by atoms with Crippen LogP contribution in [0.1, 0.15) is 20.9 Å². The first-order chi connectivity index (χ1) is 16.3. The van der Waals surface area contributed by atoms with Gasteiger partial charge in [0.25, 0.3) is 0 Å². The fourth-order valence-electron chi connectivity index (χ4n) is 2.99. The second-order valence-electron chi connectivity index (χ2n) is 6.80. The first kappa shape index (κ1) is 24.5. The minimum Gasteiger partial charge on any atom is -0.477 e. The molecule has 0 radical (unpaired) electrons. The van der Waals surface area contributed by atoms with Gasteiger partial charge in [-0.15, -0.1) is 22.7 Å². The van der Waals surface area contributed by atoms with Gasteiger partial charge in [0, 0.05) is 28.0 Å². The maximum absolute atomic E-state index is 13.6. The summed E-state index contributed by atoms with van der Waals surface area (Å²) in [5, 5.41) is 15.1. The Bertz CT molecular complexity index is 1460. The number of hydrogen-bond donors (Lipinski definition) is 2. The summed E-state index contributed by atoms with van der Waals surface area (Å²) in [5.41, 5.74) is 4.18. The van der Waals surface area contributed by atoms with Crippen molar-refractivity contribution in [1.82, 2.24) is 4.98 Å². The largest absolute Gasteiger partial charge is 0.477 e. The molecule has 0 aliphatic carbocycles. The zero-order valence-electron chi connectivity index (χ0n) is 17.4. The van der Waals surface area contributed by atoms with E-state index < -0.39 is 13.5 Å². The van der Waals surface area contributed by atoms with Gasteiger partial charge in [-0.3, -0.25) is 4.57 Å². The van der Waals surface area contributed by atoms with E-state index in [0.717, 1.165) is 22.5 Å². The van der Waals surface area contributed by atoms with Gasteiger partial charge in [-0.2, -0.15) is 0 Å². The van der Waals surface area contributed by atoms with E-state index in [-0.39, 0.29) is 20.9 Å². The van der Waals surface area contributed by atoms with Crippen LogP contribution in [-0.4, -0.2) is 23.2 Å². The van der Waals surface area contributed by atoms with E-state index in [1.807, 2.05) is 29.6 Å². The molecule has 0 saturated heterocycles. The van der Waals surface area contributed by atoms with Crippen molar-refractivity contribution >= 4 is 70.4 Å². The van der Waals surface area contributed by atoms with Gasteiger partial charge in [0.15, 0.2) is 0 Å². The van der Waals surface area contributed by atoms with Crippen LogP contribution in [0.4, 0.5) is 5.69 Å². The molecule has 1 unspecified atom stereocenters. The zero-order chi connectivity index (χ0) is 24.3. The summed E-state index contributed by atoms with van der Waals surface area (Å²) in [6, 6.07) is 13.5. The van der Waals surface area contributed by atoms with Gasteiger partial charge >= 0.3 is 13.5 Å². The summed E-state index contributed by atoms with van der Waals surface area (Å²) in [7, 11) is -2.48. The van der Waals surface area contributed by atoms with E-state index in [2.05, 4.69) is 21.9 Å². The molecule has 1 atom stereocenters. The van der Waals surface area contributed by atoms with Crippen LogP contribution in [0, 0.1) is 11.8 Å². The molecule has 0 amide bonds. The number of hydrogen-bond acceptors (Lipinski definition) is 6. The molecule has 0 bridgehead atoms. The number of carboxylic acid groups (broad SMARTS) is 1. The summed E-state index contributed by atoms with van der Waals surface area (Å²) in [5.74, 6) is 4.87. The number of halogens is 2. The normalized spacial score (nSPS) is 12.4. The number of aromatic carboxylic acids is 1. The van der Waals surface area contributed by atoms with Gasteiger partial charge in [0.2, 0.25) is 0 Å². The predicted octanol–water partition coefficient (Wildman–Crippen LogP) is 6.85. The van der Waals surface area contributed by atoms with Crippen molar-refractivity contribution in [3.63, 3.8) is 0 Å². The molecule has 2 heterocycles. The Morgan fingerprint density at radius 2 is 1.91 bits per heavy atom. The zero-order valence-corrected chi connectivity index (χ0v) is 21.5. The molecule has 11 heteroatoms. The lowest BCUT2D eigenvalue weighted by Gasteiger charge is -2.19. The molecular formula is C23H15Cl2N2O4PS2. The number of rotatable bonds is 6. The summed E-state index contributed by atoms with van der Waals surface area (Å²) in [6.45, 7) is 0. The molecule has 0 aliphatic rings. The Morgan fingerprint density at radius 1 is 1.15 bits per heavy atom. The van der Waals surface area contributed by atoms with Crippen molar-refractivity contribution in [2.24, 2.45) is 0 Å². The van der Waals surface area contributed by atoms with Gasteiger partial charge in [0.1, 0.15) is 10.6 Å². The summed E-state index contributed by atoms with van der Waals surface area (Å²) in [4.78, 5) is 16.7. The van der Waals surface area contributed by atoms with Gasteiger partial charge in [-0.25, -0.2) is 9.78 Å². The SMILES string of the molecule is COP(=O)(Nc1cc(-c2ccc(C#Cc3cscn3)cc2)sc1C(=O)O)c1ccc(Cl)cc1Cl.